The number of hydrogen-bond donors (Lipinski definition) is 1. The predicted molar refractivity (Wildman–Crippen MR) is 104 cm³/mol. The lowest BCUT2D eigenvalue weighted by Crippen LogP contribution is -2.42. The van der Waals surface area contributed by atoms with Crippen LogP contribution in [-0.2, 0) is 4.74 Å². The van der Waals surface area contributed by atoms with E-state index in [1.54, 1.807) is 4.90 Å². The minimum Gasteiger partial charge on any atom is -0.444 e. The van der Waals surface area contributed by atoms with Crippen molar-refractivity contribution in [1.82, 2.24) is 19.4 Å². The number of ether oxygens (including phenoxy) is 1. The summed E-state index contributed by atoms with van der Waals surface area (Å²) < 4.78 is 7.63. The number of piperidine rings is 1. The molecule has 2 N–H and O–H groups in total. The molecule has 7 nitrogen and oxygen atoms in total. The number of aromatic nitrogens is 3. The third-order valence-electron chi connectivity index (χ3n) is 4.34. The lowest BCUT2D eigenvalue weighted by Gasteiger charge is -2.34. The molecule has 1 saturated heterocycles. The van der Waals surface area contributed by atoms with Gasteiger partial charge >= 0.3 is 6.09 Å². The molecule has 1 amide bonds. The second-order valence-electron chi connectivity index (χ2n) is 7.38. The highest BCUT2D eigenvalue weighted by molar-refractivity contribution is 5.89. The topological polar surface area (TPSA) is 86.3 Å². The fraction of sp³-hybridized carbons (Fsp3) is 0.632. The highest BCUT2D eigenvalue weighted by Crippen LogP contribution is 2.31. The SMILES string of the molecule is CC.Cc1cn(C2CCN(C(=O)OC(C)(C)C)CC2)c2ncnc(N)c12. The summed E-state index contributed by atoms with van der Waals surface area (Å²) in [7, 11) is 0. The first-order valence-electron chi connectivity index (χ1n) is 9.32. The van der Waals surface area contributed by atoms with Crippen LogP contribution >= 0.6 is 0 Å². The summed E-state index contributed by atoms with van der Waals surface area (Å²) >= 11 is 0. The molecule has 0 saturated carbocycles. The number of anilines is 1. The van der Waals surface area contributed by atoms with E-state index in [4.69, 9.17) is 10.5 Å². The van der Waals surface area contributed by atoms with Crippen molar-refractivity contribution in [3.05, 3.63) is 18.1 Å². The van der Waals surface area contributed by atoms with E-state index in [9.17, 15) is 4.79 Å². The molecule has 1 fully saturated rings. The molecular weight excluding hydrogens is 330 g/mol. The van der Waals surface area contributed by atoms with Crippen LogP contribution in [0.1, 0.15) is 59.1 Å². The average molecular weight is 361 g/mol. The van der Waals surface area contributed by atoms with E-state index in [2.05, 4.69) is 20.7 Å². The van der Waals surface area contributed by atoms with Crippen LogP contribution in [0, 0.1) is 6.92 Å². The molecule has 0 aliphatic carbocycles. The highest BCUT2D eigenvalue weighted by atomic mass is 16.6. The second-order valence-corrected chi connectivity index (χ2v) is 7.38. The lowest BCUT2D eigenvalue weighted by molar-refractivity contribution is 0.0189. The van der Waals surface area contributed by atoms with Gasteiger partial charge in [-0.3, -0.25) is 0 Å². The molecule has 0 atom stereocenters. The molecule has 3 rings (SSSR count). The maximum absolute atomic E-state index is 12.2. The Hall–Kier alpha value is -2.31. The number of fused-ring (bicyclic) bond motifs is 1. The zero-order chi connectivity index (χ0) is 19.5. The number of likely N-dealkylation sites (tertiary alicyclic amines) is 1. The number of nitrogens with two attached hydrogens (primary N) is 1. The van der Waals surface area contributed by atoms with Gasteiger partial charge in [-0.15, -0.1) is 0 Å². The lowest BCUT2D eigenvalue weighted by atomic mass is 10.1. The molecule has 0 bridgehead atoms. The number of aryl methyl sites for hydroxylation is 1. The minimum atomic E-state index is -0.462. The minimum absolute atomic E-state index is 0.235. The average Bonchev–Trinajstić information content (AvgIpc) is 2.93. The molecule has 2 aromatic heterocycles. The molecule has 2 aromatic rings. The van der Waals surface area contributed by atoms with Crippen molar-refractivity contribution in [3.63, 3.8) is 0 Å². The van der Waals surface area contributed by atoms with E-state index in [0.717, 1.165) is 29.4 Å². The van der Waals surface area contributed by atoms with Gasteiger partial charge in [0.2, 0.25) is 0 Å². The van der Waals surface area contributed by atoms with Crippen molar-refractivity contribution >= 4 is 22.9 Å². The molecule has 0 spiro atoms. The number of rotatable bonds is 1. The standard InChI is InChI=1S/C17H25N5O2.C2H6/c1-11-9-22(15-13(11)14(18)19-10-20-15)12-5-7-21(8-6-12)16(23)24-17(2,3)4;1-2/h9-10,12H,5-8H2,1-4H3,(H2,18,19,20);1-2H3. The highest BCUT2D eigenvalue weighted by Gasteiger charge is 2.28. The molecular formula is C19H31N5O2. The largest absolute Gasteiger partial charge is 0.444 e. The number of hydrogen-bond acceptors (Lipinski definition) is 5. The maximum atomic E-state index is 12.2. The quantitative estimate of drug-likeness (QED) is 0.832. The summed E-state index contributed by atoms with van der Waals surface area (Å²) in [6, 6.07) is 0.300. The molecule has 1 aliphatic heterocycles. The Morgan fingerprint density at radius 2 is 1.85 bits per heavy atom. The van der Waals surface area contributed by atoms with Gasteiger partial charge in [0.15, 0.2) is 0 Å². The second kappa shape index (κ2) is 7.93. The van der Waals surface area contributed by atoms with Crippen molar-refractivity contribution in [2.75, 3.05) is 18.8 Å². The zero-order valence-corrected chi connectivity index (χ0v) is 16.7. The van der Waals surface area contributed by atoms with Gasteiger partial charge in [0, 0.05) is 25.3 Å². The van der Waals surface area contributed by atoms with Gasteiger partial charge in [0.05, 0.1) is 5.39 Å². The Labute approximate surface area is 155 Å². The smallest absolute Gasteiger partial charge is 0.410 e. The van der Waals surface area contributed by atoms with Crippen molar-refractivity contribution in [2.45, 2.75) is 66.0 Å². The summed E-state index contributed by atoms with van der Waals surface area (Å²) in [6.07, 6.45) is 5.09. The Morgan fingerprint density at radius 1 is 1.23 bits per heavy atom. The van der Waals surface area contributed by atoms with Crippen LogP contribution < -0.4 is 5.73 Å². The molecule has 144 valence electrons. The van der Waals surface area contributed by atoms with Gasteiger partial charge in [0.1, 0.15) is 23.4 Å². The summed E-state index contributed by atoms with van der Waals surface area (Å²) in [6.45, 7) is 13.0. The molecule has 0 aromatic carbocycles. The van der Waals surface area contributed by atoms with Crippen LogP contribution in [-0.4, -0.2) is 44.2 Å². The first-order chi connectivity index (χ1) is 12.3. The third-order valence-corrected chi connectivity index (χ3v) is 4.34. The van der Waals surface area contributed by atoms with Crippen LogP contribution in [0.3, 0.4) is 0 Å². The van der Waals surface area contributed by atoms with Crippen LogP contribution in [0.25, 0.3) is 11.0 Å². The molecule has 26 heavy (non-hydrogen) atoms. The summed E-state index contributed by atoms with van der Waals surface area (Å²) in [5.41, 5.74) is 7.48. The number of carbonyl (C=O) groups excluding carboxylic acids is 1. The van der Waals surface area contributed by atoms with Crippen molar-refractivity contribution in [1.29, 1.82) is 0 Å². The molecule has 0 radical (unpaired) electrons. The van der Waals surface area contributed by atoms with Crippen LogP contribution in [0.2, 0.25) is 0 Å². The zero-order valence-electron chi connectivity index (χ0n) is 16.7. The normalized spacial score (nSPS) is 15.5. The predicted octanol–water partition coefficient (Wildman–Crippen LogP) is 3.92. The van der Waals surface area contributed by atoms with E-state index >= 15 is 0 Å². The van der Waals surface area contributed by atoms with E-state index < -0.39 is 5.60 Å². The van der Waals surface area contributed by atoms with E-state index in [1.165, 1.54) is 6.33 Å². The number of nitrogens with zero attached hydrogens (tertiary/aromatic N) is 4. The first kappa shape index (κ1) is 20.0. The first-order valence-corrected chi connectivity index (χ1v) is 9.32. The van der Waals surface area contributed by atoms with Crippen molar-refractivity contribution in [3.8, 4) is 0 Å². The third kappa shape index (κ3) is 4.26. The van der Waals surface area contributed by atoms with Crippen LogP contribution in [0.5, 0.6) is 0 Å². The van der Waals surface area contributed by atoms with Crippen LogP contribution in [0.15, 0.2) is 12.5 Å². The summed E-state index contributed by atoms with van der Waals surface area (Å²) in [4.78, 5) is 22.4. The molecule has 3 heterocycles. The summed E-state index contributed by atoms with van der Waals surface area (Å²) in [5.74, 6) is 0.516. The monoisotopic (exact) mass is 361 g/mol. The van der Waals surface area contributed by atoms with Crippen molar-refractivity contribution < 1.29 is 9.53 Å². The Balaban J connectivity index is 0.00000117. The van der Waals surface area contributed by atoms with Gasteiger partial charge in [-0.05, 0) is 46.1 Å². The van der Waals surface area contributed by atoms with Gasteiger partial charge in [-0.25, -0.2) is 14.8 Å². The van der Waals surface area contributed by atoms with Gasteiger partial charge in [-0.1, -0.05) is 13.8 Å². The molecule has 1 aliphatic rings. The fourth-order valence-corrected chi connectivity index (χ4v) is 3.23. The van der Waals surface area contributed by atoms with Crippen LogP contribution in [0.4, 0.5) is 10.6 Å². The Kier molecular flexibility index (Phi) is 6.10. The van der Waals surface area contributed by atoms with Gasteiger partial charge < -0.3 is 19.9 Å². The van der Waals surface area contributed by atoms with E-state index in [0.29, 0.717) is 24.9 Å². The number of carbonyl (C=O) groups is 1. The number of nitrogen functional groups attached to an aromatic ring is 1. The van der Waals surface area contributed by atoms with E-state index in [1.807, 2.05) is 41.5 Å². The summed E-state index contributed by atoms with van der Waals surface area (Å²) in [5, 5.41) is 0.923. The van der Waals surface area contributed by atoms with Crippen molar-refractivity contribution in [2.24, 2.45) is 0 Å². The number of amides is 1. The Morgan fingerprint density at radius 3 is 2.42 bits per heavy atom. The van der Waals surface area contributed by atoms with E-state index in [-0.39, 0.29) is 6.09 Å². The molecule has 7 heteroatoms. The van der Waals surface area contributed by atoms with Gasteiger partial charge in [-0.2, -0.15) is 0 Å². The maximum Gasteiger partial charge on any atom is 0.410 e. The Bertz CT molecular complexity index is 755. The molecule has 0 unspecified atom stereocenters. The van der Waals surface area contributed by atoms with Gasteiger partial charge in [0.25, 0.3) is 0 Å². The fourth-order valence-electron chi connectivity index (χ4n) is 3.23.